The lowest BCUT2D eigenvalue weighted by Crippen LogP contribution is -2.50. The molecule has 1 amide bonds. The Morgan fingerprint density at radius 1 is 1.40 bits per heavy atom. The van der Waals surface area contributed by atoms with Crippen molar-refractivity contribution in [3.8, 4) is 0 Å². The molecule has 1 fully saturated rings. The number of aromatic carboxylic acids is 1. The predicted molar refractivity (Wildman–Crippen MR) is 78.6 cm³/mol. The highest BCUT2D eigenvalue weighted by atomic mass is 32.2. The van der Waals surface area contributed by atoms with E-state index in [1.54, 1.807) is 28.8 Å². The normalized spacial score (nSPS) is 21.6. The Labute approximate surface area is 121 Å². The lowest BCUT2D eigenvalue weighted by molar-refractivity contribution is -0.120. The van der Waals surface area contributed by atoms with Crippen LogP contribution in [0.2, 0.25) is 0 Å². The van der Waals surface area contributed by atoms with Crippen LogP contribution < -0.4 is 10.2 Å². The second-order valence-electron chi connectivity index (χ2n) is 4.97. The highest BCUT2D eigenvalue weighted by Crippen LogP contribution is 2.30. The lowest BCUT2D eigenvalue weighted by atomic mass is 10.1. The maximum absolute atomic E-state index is 12.5. The van der Waals surface area contributed by atoms with E-state index < -0.39 is 5.97 Å². The van der Waals surface area contributed by atoms with E-state index in [9.17, 15) is 9.59 Å². The molecule has 1 atom stereocenters. The number of nitrogens with zero attached hydrogens (tertiary/aromatic N) is 1. The summed E-state index contributed by atoms with van der Waals surface area (Å²) in [6.07, 6.45) is 0.792. The van der Waals surface area contributed by atoms with Crippen LogP contribution in [0.3, 0.4) is 0 Å². The van der Waals surface area contributed by atoms with Crippen LogP contribution >= 0.6 is 11.8 Å². The zero-order valence-electron chi connectivity index (χ0n) is 11.0. The van der Waals surface area contributed by atoms with Crippen LogP contribution in [0.15, 0.2) is 18.2 Å². The summed E-state index contributed by atoms with van der Waals surface area (Å²) in [6, 6.07) is 4.87. The molecular formula is C14H16N2O3S. The van der Waals surface area contributed by atoms with Gasteiger partial charge in [-0.1, -0.05) is 6.07 Å². The van der Waals surface area contributed by atoms with Gasteiger partial charge in [0.1, 0.15) is 0 Å². The van der Waals surface area contributed by atoms with E-state index in [1.165, 1.54) is 0 Å². The molecule has 0 radical (unpaired) electrons. The van der Waals surface area contributed by atoms with Gasteiger partial charge in [0.15, 0.2) is 0 Å². The highest BCUT2D eigenvalue weighted by Gasteiger charge is 2.31. The van der Waals surface area contributed by atoms with E-state index in [0.717, 1.165) is 35.7 Å². The zero-order valence-corrected chi connectivity index (χ0v) is 11.8. The van der Waals surface area contributed by atoms with Crippen molar-refractivity contribution in [3.05, 3.63) is 29.3 Å². The van der Waals surface area contributed by atoms with E-state index in [-0.39, 0.29) is 17.5 Å². The minimum absolute atomic E-state index is 0.0542. The molecule has 2 N–H and O–H groups in total. The molecule has 0 spiro atoms. The van der Waals surface area contributed by atoms with Crippen LogP contribution in [0.4, 0.5) is 5.69 Å². The largest absolute Gasteiger partial charge is 0.478 e. The van der Waals surface area contributed by atoms with Gasteiger partial charge in [0.2, 0.25) is 5.91 Å². The number of carboxylic acid groups (broad SMARTS) is 1. The van der Waals surface area contributed by atoms with E-state index in [4.69, 9.17) is 5.11 Å². The summed E-state index contributed by atoms with van der Waals surface area (Å²) in [7, 11) is 0. The lowest BCUT2D eigenvalue weighted by Gasteiger charge is -2.27. The Morgan fingerprint density at radius 2 is 2.25 bits per heavy atom. The van der Waals surface area contributed by atoms with Gasteiger partial charge < -0.3 is 15.3 Å². The summed E-state index contributed by atoms with van der Waals surface area (Å²) in [4.78, 5) is 25.3. The second kappa shape index (κ2) is 5.46. The number of anilines is 1. The fourth-order valence-electron chi connectivity index (χ4n) is 2.65. The van der Waals surface area contributed by atoms with Gasteiger partial charge in [0.25, 0.3) is 0 Å². The van der Waals surface area contributed by atoms with Crippen molar-refractivity contribution in [2.75, 3.05) is 29.5 Å². The van der Waals surface area contributed by atoms with E-state index >= 15 is 0 Å². The van der Waals surface area contributed by atoms with Gasteiger partial charge in [-0.05, 0) is 24.1 Å². The predicted octanol–water partition coefficient (Wildman–Crippen LogP) is 0.979. The summed E-state index contributed by atoms with van der Waals surface area (Å²) in [6.45, 7) is 1.48. The average Bonchev–Trinajstić information content (AvgIpc) is 2.90. The molecule has 0 aliphatic carbocycles. The molecule has 3 rings (SSSR count). The molecule has 0 aromatic heterocycles. The van der Waals surface area contributed by atoms with Crippen molar-refractivity contribution in [3.63, 3.8) is 0 Å². The summed E-state index contributed by atoms with van der Waals surface area (Å²) in [5, 5.41) is 12.3. The number of nitrogens with one attached hydrogen (secondary N) is 1. The number of benzene rings is 1. The zero-order chi connectivity index (χ0) is 14.1. The molecule has 0 bridgehead atoms. The second-order valence-corrected chi connectivity index (χ2v) is 6.12. The number of fused-ring (bicyclic) bond motifs is 1. The smallest absolute Gasteiger partial charge is 0.335 e. The van der Waals surface area contributed by atoms with Crippen LogP contribution in [0.5, 0.6) is 0 Å². The summed E-state index contributed by atoms with van der Waals surface area (Å²) in [5.41, 5.74) is 2.04. The SMILES string of the molecule is O=C(O)c1ccc2c(c1)N(C(=O)C1CSCCN1)CC2. The first-order chi connectivity index (χ1) is 9.66. The van der Waals surface area contributed by atoms with Gasteiger partial charge in [-0.3, -0.25) is 4.79 Å². The van der Waals surface area contributed by atoms with Crippen molar-refractivity contribution in [1.29, 1.82) is 0 Å². The molecule has 106 valence electrons. The van der Waals surface area contributed by atoms with Crippen molar-refractivity contribution in [1.82, 2.24) is 5.32 Å². The van der Waals surface area contributed by atoms with Gasteiger partial charge in [0, 0.05) is 30.3 Å². The minimum Gasteiger partial charge on any atom is -0.478 e. The fourth-order valence-corrected chi connectivity index (χ4v) is 3.58. The van der Waals surface area contributed by atoms with Gasteiger partial charge >= 0.3 is 5.97 Å². The molecule has 6 heteroatoms. The highest BCUT2D eigenvalue weighted by molar-refractivity contribution is 7.99. The van der Waals surface area contributed by atoms with Crippen LogP contribution in [0.1, 0.15) is 15.9 Å². The first-order valence-electron chi connectivity index (χ1n) is 6.65. The molecule has 2 aliphatic heterocycles. The third-order valence-electron chi connectivity index (χ3n) is 3.71. The molecule has 0 saturated carbocycles. The summed E-state index contributed by atoms with van der Waals surface area (Å²) < 4.78 is 0. The Kier molecular flexibility index (Phi) is 3.67. The summed E-state index contributed by atoms with van der Waals surface area (Å²) >= 11 is 1.78. The Bertz CT molecular complexity index is 555. The first kappa shape index (κ1) is 13.5. The van der Waals surface area contributed by atoms with Crippen molar-refractivity contribution in [2.24, 2.45) is 0 Å². The minimum atomic E-state index is -0.960. The van der Waals surface area contributed by atoms with E-state index in [0.29, 0.717) is 6.54 Å². The van der Waals surface area contributed by atoms with Gasteiger partial charge in [0.05, 0.1) is 11.6 Å². The monoisotopic (exact) mass is 292 g/mol. The average molecular weight is 292 g/mol. The van der Waals surface area contributed by atoms with E-state index in [2.05, 4.69) is 5.32 Å². The molecule has 1 unspecified atom stereocenters. The number of rotatable bonds is 2. The van der Waals surface area contributed by atoms with Crippen molar-refractivity contribution in [2.45, 2.75) is 12.5 Å². The number of thioether (sulfide) groups is 1. The molecule has 1 saturated heterocycles. The Balaban J connectivity index is 1.85. The third kappa shape index (κ3) is 2.41. The molecule has 1 aromatic rings. The number of hydrogen-bond acceptors (Lipinski definition) is 4. The van der Waals surface area contributed by atoms with Gasteiger partial charge in [-0.25, -0.2) is 4.79 Å². The molecule has 2 heterocycles. The molecule has 20 heavy (non-hydrogen) atoms. The fraction of sp³-hybridized carbons (Fsp3) is 0.429. The Hall–Kier alpha value is -1.53. The molecular weight excluding hydrogens is 276 g/mol. The van der Waals surface area contributed by atoms with Crippen LogP contribution in [0, 0.1) is 0 Å². The van der Waals surface area contributed by atoms with Crippen molar-refractivity contribution < 1.29 is 14.7 Å². The maximum atomic E-state index is 12.5. The van der Waals surface area contributed by atoms with Gasteiger partial charge in [-0.15, -0.1) is 0 Å². The number of hydrogen-bond donors (Lipinski definition) is 2. The molecule has 5 nitrogen and oxygen atoms in total. The number of amides is 1. The third-order valence-corrected chi connectivity index (χ3v) is 4.78. The molecule has 2 aliphatic rings. The maximum Gasteiger partial charge on any atom is 0.335 e. The Morgan fingerprint density at radius 3 is 2.95 bits per heavy atom. The standard InChI is InChI=1S/C14H16N2O3S/c17-13(11-8-20-6-4-15-11)16-5-3-9-1-2-10(14(18)19)7-12(9)16/h1-2,7,11,15H,3-6,8H2,(H,18,19). The topological polar surface area (TPSA) is 69.6 Å². The van der Waals surface area contributed by atoms with Gasteiger partial charge in [-0.2, -0.15) is 11.8 Å². The number of carboxylic acids is 1. The quantitative estimate of drug-likeness (QED) is 0.850. The number of carbonyl (C=O) groups excluding carboxylic acids is 1. The first-order valence-corrected chi connectivity index (χ1v) is 7.81. The van der Waals surface area contributed by atoms with E-state index in [1.807, 2.05) is 6.07 Å². The van der Waals surface area contributed by atoms with Crippen LogP contribution in [-0.2, 0) is 11.2 Å². The summed E-state index contributed by atoms with van der Waals surface area (Å²) in [5.74, 6) is 0.907. The molecule has 1 aromatic carbocycles. The van der Waals surface area contributed by atoms with Crippen molar-refractivity contribution >= 4 is 29.3 Å². The van der Waals surface area contributed by atoms with Crippen LogP contribution in [0.25, 0.3) is 0 Å². The van der Waals surface area contributed by atoms with Crippen LogP contribution in [-0.4, -0.2) is 47.6 Å². The number of carbonyl (C=O) groups is 2.